The zero-order chi connectivity index (χ0) is 16.8. The highest BCUT2D eigenvalue weighted by atomic mass is 35.5. The maximum atomic E-state index is 12.2. The number of carbonyl (C=O) groups is 1. The summed E-state index contributed by atoms with van der Waals surface area (Å²) in [4.78, 5) is 23.9. The maximum absolute atomic E-state index is 12.2. The molecule has 0 saturated carbocycles. The van der Waals surface area contributed by atoms with E-state index in [1.165, 1.54) is 19.2 Å². The van der Waals surface area contributed by atoms with Gasteiger partial charge >= 0.3 is 0 Å². The Labute approximate surface area is 139 Å². The summed E-state index contributed by atoms with van der Waals surface area (Å²) in [6.45, 7) is 1.80. The lowest BCUT2D eigenvalue weighted by Gasteiger charge is -2.17. The molecule has 0 unspecified atom stereocenters. The van der Waals surface area contributed by atoms with Crippen molar-refractivity contribution < 1.29 is 9.53 Å². The van der Waals surface area contributed by atoms with Crippen LogP contribution in [0.3, 0.4) is 0 Å². The average molecular weight is 336 g/mol. The van der Waals surface area contributed by atoms with Crippen molar-refractivity contribution in [2.75, 3.05) is 7.11 Å². The van der Waals surface area contributed by atoms with Crippen LogP contribution >= 0.6 is 11.6 Å². The largest absolute Gasteiger partial charge is 0.480 e. The number of rotatable bonds is 6. The van der Waals surface area contributed by atoms with Gasteiger partial charge in [0.05, 0.1) is 13.2 Å². The smallest absolute Gasteiger partial charge is 0.267 e. The van der Waals surface area contributed by atoms with Gasteiger partial charge in [0.2, 0.25) is 11.8 Å². The average Bonchev–Trinajstić information content (AvgIpc) is 2.55. The van der Waals surface area contributed by atoms with Crippen LogP contribution in [0, 0.1) is 0 Å². The second-order valence-electron chi connectivity index (χ2n) is 4.95. The number of nitrogens with one attached hydrogen (secondary N) is 1. The molecule has 0 spiro atoms. The Morgan fingerprint density at radius 3 is 2.61 bits per heavy atom. The van der Waals surface area contributed by atoms with E-state index in [-0.39, 0.29) is 29.9 Å². The fourth-order valence-electron chi connectivity index (χ4n) is 2.14. The van der Waals surface area contributed by atoms with Gasteiger partial charge in [-0.25, -0.2) is 4.68 Å². The summed E-state index contributed by atoms with van der Waals surface area (Å²) in [5.74, 6) is -0.0169. The Kier molecular flexibility index (Phi) is 5.76. The van der Waals surface area contributed by atoms with Gasteiger partial charge in [0.25, 0.3) is 5.56 Å². The van der Waals surface area contributed by atoms with Gasteiger partial charge in [-0.05, 0) is 24.1 Å². The molecule has 1 amide bonds. The standard InChI is InChI=1S/C16H18ClN3O3/c1-3-13(11-4-6-12(17)7-5-11)18-14(21)10-20-16(22)9-8-15(19-20)23-2/h4-9,13H,3,10H2,1-2H3,(H,18,21)/t13-/m1/s1. The van der Waals surface area contributed by atoms with E-state index in [1.807, 2.05) is 19.1 Å². The lowest BCUT2D eigenvalue weighted by Crippen LogP contribution is -2.35. The second kappa shape index (κ2) is 7.78. The van der Waals surface area contributed by atoms with E-state index in [2.05, 4.69) is 10.4 Å². The van der Waals surface area contributed by atoms with Crippen molar-refractivity contribution in [3.63, 3.8) is 0 Å². The maximum Gasteiger partial charge on any atom is 0.267 e. The van der Waals surface area contributed by atoms with E-state index < -0.39 is 0 Å². The summed E-state index contributed by atoms with van der Waals surface area (Å²) in [6, 6.07) is 9.91. The lowest BCUT2D eigenvalue weighted by atomic mass is 10.0. The predicted molar refractivity (Wildman–Crippen MR) is 87.7 cm³/mol. The number of hydrogen-bond acceptors (Lipinski definition) is 4. The summed E-state index contributed by atoms with van der Waals surface area (Å²) < 4.78 is 6.03. The Morgan fingerprint density at radius 2 is 2.00 bits per heavy atom. The first-order valence-corrected chi connectivity index (χ1v) is 7.58. The van der Waals surface area contributed by atoms with E-state index in [9.17, 15) is 9.59 Å². The fraction of sp³-hybridized carbons (Fsp3) is 0.312. The third-order valence-electron chi connectivity index (χ3n) is 3.36. The molecule has 0 fully saturated rings. The highest BCUT2D eigenvalue weighted by molar-refractivity contribution is 6.30. The number of ether oxygens (including phenoxy) is 1. The molecule has 1 N–H and O–H groups in total. The molecule has 0 aliphatic rings. The topological polar surface area (TPSA) is 73.2 Å². The number of carbonyl (C=O) groups excluding carboxylic acids is 1. The predicted octanol–water partition coefficient (Wildman–Crippen LogP) is 2.17. The summed E-state index contributed by atoms with van der Waals surface area (Å²) in [6.07, 6.45) is 0.716. The molecule has 0 aliphatic heterocycles. The molecule has 7 heteroatoms. The first kappa shape index (κ1) is 17.0. The van der Waals surface area contributed by atoms with Crippen molar-refractivity contribution >= 4 is 17.5 Å². The van der Waals surface area contributed by atoms with Gasteiger partial charge < -0.3 is 10.1 Å². The molecule has 2 rings (SSSR count). The number of methoxy groups -OCH3 is 1. The number of benzene rings is 1. The van der Waals surface area contributed by atoms with Crippen molar-refractivity contribution in [2.45, 2.75) is 25.9 Å². The minimum atomic E-state index is -0.361. The molecule has 23 heavy (non-hydrogen) atoms. The first-order chi connectivity index (χ1) is 11.0. The number of nitrogens with zero attached hydrogens (tertiary/aromatic N) is 2. The molecule has 122 valence electrons. The highest BCUT2D eigenvalue weighted by Crippen LogP contribution is 2.19. The Morgan fingerprint density at radius 1 is 1.30 bits per heavy atom. The van der Waals surface area contributed by atoms with Crippen molar-refractivity contribution in [3.8, 4) is 5.88 Å². The third kappa shape index (κ3) is 4.56. The molecule has 2 aromatic rings. The number of halogens is 1. The highest BCUT2D eigenvalue weighted by Gasteiger charge is 2.14. The molecule has 0 bridgehead atoms. The second-order valence-corrected chi connectivity index (χ2v) is 5.39. The van der Waals surface area contributed by atoms with Gasteiger partial charge in [-0.2, -0.15) is 0 Å². The van der Waals surface area contributed by atoms with Gasteiger partial charge in [0.15, 0.2) is 0 Å². The monoisotopic (exact) mass is 335 g/mol. The van der Waals surface area contributed by atoms with E-state index >= 15 is 0 Å². The van der Waals surface area contributed by atoms with Gasteiger partial charge in [0.1, 0.15) is 6.54 Å². The van der Waals surface area contributed by atoms with Crippen molar-refractivity contribution in [1.29, 1.82) is 0 Å². The van der Waals surface area contributed by atoms with Crippen LogP contribution in [0.1, 0.15) is 24.9 Å². The van der Waals surface area contributed by atoms with Crippen LogP contribution in [0.15, 0.2) is 41.2 Å². The van der Waals surface area contributed by atoms with Crippen LogP contribution in [-0.4, -0.2) is 22.8 Å². The van der Waals surface area contributed by atoms with E-state index in [0.717, 1.165) is 10.2 Å². The van der Waals surface area contributed by atoms with E-state index in [4.69, 9.17) is 16.3 Å². The SMILES string of the molecule is CC[C@@H](NC(=O)Cn1nc(OC)ccc1=O)c1ccc(Cl)cc1. The molecule has 0 radical (unpaired) electrons. The van der Waals surface area contributed by atoms with Gasteiger partial charge in [-0.3, -0.25) is 9.59 Å². The van der Waals surface area contributed by atoms with Gasteiger partial charge in [0, 0.05) is 17.2 Å². The van der Waals surface area contributed by atoms with E-state index in [1.54, 1.807) is 12.1 Å². The van der Waals surface area contributed by atoms with E-state index in [0.29, 0.717) is 11.4 Å². The molecule has 1 aromatic carbocycles. The Bertz CT molecular complexity index is 728. The van der Waals surface area contributed by atoms with Crippen molar-refractivity contribution in [3.05, 3.63) is 57.3 Å². The molecule has 0 aliphatic carbocycles. The van der Waals surface area contributed by atoms with Crippen molar-refractivity contribution in [1.82, 2.24) is 15.1 Å². The van der Waals surface area contributed by atoms with Gasteiger partial charge in [-0.1, -0.05) is 30.7 Å². The van der Waals surface area contributed by atoms with Crippen LogP contribution in [0.4, 0.5) is 0 Å². The molecule has 1 heterocycles. The van der Waals surface area contributed by atoms with Crippen LogP contribution < -0.4 is 15.6 Å². The summed E-state index contributed by atoms with van der Waals surface area (Å²) in [5, 5.41) is 7.49. The van der Waals surface area contributed by atoms with Crippen LogP contribution in [-0.2, 0) is 11.3 Å². The molecular weight excluding hydrogens is 318 g/mol. The lowest BCUT2D eigenvalue weighted by molar-refractivity contribution is -0.122. The molecule has 6 nitrogen and oxygen atoms in total. The summed E-state index contributed by atoms with van der Waals surface area (Å²) in [7, 11) is 1.45. The summed E-state index contributed by atoms with van der Waals surface area (Å²) >= 11 is 5.87. The minimum Gasteiger partial charge on any atom is -0.480 e. The molecule has 0 saturated heterocycles. The van der Waals surface area contributed by atoms with Gasteiger partial charge in [-0.15, -0.1) is 5.10 Å². The van der Waals surface area contributed by atoms with Crippen LogP contribution in [0.25, 0.3) is 0 Å². The normalized spacial score (nSPS) is 11.8. The van der Waals surface area contributed by atoms with Crippen LogP contribution in [0.5, 0.6) is 5.88 Å². The Hall–Kier alpha value is -2.34. The molecule has 1 aromatic heterocycles. The number of hydrogen-bond donors (Lipinski definition) is 1. The molecule has 1 atom stereocenters. The first-order valence-electron chi connectivity index (χ1n) is 7.20. The quantitative estimate of drug-likeness (QED) is 0.878. The zero-order valence-corrected chi connectivity index (χ0v) is 13.7. The minimum absolute atomic E-state index is 0.152. The third-order valence-corrected chi connectivity index (χ3v) is 3.61. The molecular formula is C16H18ClN3O3. The zero-order valence-electron chi connectivity index (χ0n) is 13.0. The van der Waals surface area contributed by atoms with Crippen molar-refractivity contribution in [2.24, 2.45) is 0 Å². The number of amides is 1. The Balaban J connectivity index is 2.08. The number of aromatic nitrogens is 2. The summed E-state index contributed by atoms with van der Waals surface area (Å²) in [5.41, 5.74) is 0.594. The van der Waals surface area contributed by atoms with Crippen LogP contribution in [0.2, 0.25) is 5.02 Å². The fourth-order valence-corrected chi connectivity index (χ4v) is 2.27.